The van der Waals surface area contributed by atoms with E-state index in [2.05, 4.69) is 10.3 Å². The summed E-state index contributed by atoms with van der Waals surface area (Å²) in [4.78, 5) is 3.80. The van der Waals surface area contributed by atoms with Gasteiger partial charge in [-0.3, -0.25) is 3.07 Å². The van der Waals surface area contributed by atoms with Crippen LogP contribution in [-0.2, 0) is 3.07 Å². The Hall–Kier alpha value is -0.0100. The van der Waals surface area contributed by atoms with Crippen LogP contribution in [0.15, 0.2) is 16.9 Å². The van der Waals surface area contributed by atoms with E-state index in [1.165, 1.54) is 19.3 Å². The van der Waals surface area contributed by atoms with Gasteiger partial charge in [-0.25, -0.2) is 4.99 Å². The Labute approximate surface area is 117 Å². The van der Waals surface area contributed by atoms with E-state index < -0.39 is 21.2 Å². The van der Waals surface area contributed by atoms with E-state index >= 15 is 0 Å². The quantitative estimate of drug-likeness (QED) is 0.424. The predicted molar refractivity (Wildman–Crippen MR) is 77.6 cm³/mol. The molecule has 0 aromatic carbocycles. The summed E-state index contributed by atoms with van der Waals surface area (Å²) in [5.74, 6) is 1.32. The van der Waals surface area contributed by atoms with E-state index in [-0.39, 0.29) is 0 Å². The summed E-state index contributed by atoms with van der Waals surface area (Å²) in [7, 11) is 0. The third-order valence-corrected chi connectivity index (χ3v) is 5.53. The van der Waals surface area contributed by atoms with Crippen molar-refractivity contribution in [2.75, 3.05) is 0 Å². The SMILES string of the molecule is NC1=CCCC(Cl)=N1.O=IC1NC2CCC1C2. The van der Waals surface area contributed by atoms with Gasteiger partial charge in [0.2, 0.25) is 0 Å². The zero-order chi connectivity index (χ0) is 12.3. The molecule has 3 aliphatic rings. The van der Waals surface area contributed by atoms with Gasteiger partial charge in [-0.05, 0) is 37.7 Å². The van der Waals surface area contributed by atoms with Crippen LogP contribution in [0.3, 0.4) is 0 Å². The standard InChI is InChI=1S/C6H10INO.C5H7ClN2/c9-7-6-4-1-2-5(3-4)8-6;6-4-2-1-3-5(7)8-4/h4-6,8H,1-3H2;3H,1-2,7H2. The number of hydrogen-bond donors (Lipinski definition) is 2. The number of halogens is 2. The molecule has 0 aromatic rings. The van der Waals surface area contributed by atoms with Crippen molar-refractivity contribution in [2.24, 2.45) is 16.6 Å². The van der Waals surface area contributed by atoms with Crippen molar-refractivity contribution < 1.29 is 3.07 Å². The fourth-order valence-corrected chi connectivity index (χ4v) is 4.40. The third-order valence-electron chi connectivity index (χ3n) is 3.33. The first-order chi connectivity index (χ1) is 8.19. The lowest BCUT2D eigenvalue weighted by Gasteiger charge is -2.15. The van der Waals surface area contributed by atoms with Crippen molar-refractivity contribution in [2.45, 2.75) is 42.2 Å². The van der Waals surface area contributed by atoms with Crippen molar-refractivity contribution in [1.82, 2.24) is 5.32 Å². The van der Waals surface area contributed by atoms with E-state index in [1.54, 1.807) is 0 Å². The van der Waals surface area contributed by atoms with Gasteiger partial charge >= 0.3 is 0 Å². The van der Waals surface area contributed by atoms with Crippen LogP contribution in [-0.4, -0.2) is 15.3 Å². The highest BCUT2D eigenvalue weighted by Crippen LogP contribution is 2.39. The summed E-state index contributed by atoms with van der Waals surface area (Å²) in [6, 6.07) is 0.730. The average molecular weight is 370 g/mol. The highest BCUT2D eigenvalue weighted by atomic mass is 127. The molecule has 3 unspecified atom stereocenters. The first-order valence-electron chi connectivity index (χ1n) is 5.89. The summed E-state index contributed by atoms with van der Waals surface area (Å²) in [5.41, 5.74) is 5.31. The number of piperidine rings is 1. The monoisotopic (exact) mass is 369 g/mol. The molecule has 3 rings (SSSR count). The lowest BCUT2D eigenvalue weighted by atomic mass is 10.1. The van der Waals surface area contributed by atoms with Crippen LogP contribution in [0, 0.1) is 5.92 Å². The number of allylic oxidation sites excluding steroid dienone is 1. The molecule has 2 heterocycles. The molecule has 0 amide bonds. The maximum Gasteiger partial charge on any atom is 0.163 e. The predicted octanol–water partition coefficient (Wildman–Crippen LogP) is 2.62. The van der Waals surface area contributed by atoms with Crippen LogP contribution in [0.25, 0.3) is 0 Å². The first kappa shape index (κ1) is 13.4. The third kappa shape index (κ3) is 3.72. The molecular formula is C11H17ClIN3O. The molecule has 3 atom stereocenters. The number of hydrogen-bond acceptors (Lipinski definition) is 4. The Balaban J connectivity index is 0.000000128. The molecular weight excluding hydrogens is 352 g/mol. The van der Waals surface area contributed by atoms with Crippen molar-refractivity contribution in [3.05, 3.63) is 11.9 Å². The summed E-state index contributed by atoms with van der Waals surface area (Å²) in [6.45, 7) is 0. The largest absolute Gasteiger partial charge is 0.384 e. The second kappa shape index (κ2) is 6.24. The molecule has 3 N–H and O–H groups in total. The lowest BCUT2D eigenvalue weighted by molar-refractivity contribution is 0.486. The molecule has 6 heteroatoms. The van der Waals surface area contributed by atoms with Crippen LogP contribution in [0.2, 0.25) is 0 Å². The molecule has 2 bridgehead atoms. The van der Waals surface area contributed by atoms with Crippen molar-refractivity contribution in [3.8, 4) is 0 Å². The van der Waals surface area contributed by atoms with Gasteiger partial charge in [-0.1, -0.05) is 11.6 Å². The van der Waals surface area contributed by atoms with E-state index in [9.17, 15) is 3.07 Å². The van der Waals surface area contributed by atoms with Gasteiger partial charge in [0.1, 0.15) is 11.0 Å². The van der Waals surface area contributed by atoms with Gasteiger partial charge in [-0.2, -0.15) is 0 Å². The molecule has 0 spiro atoms. The van der Waals surface area contributed by atoms with Crippen LogP contribution < -0.4 is 11.1 Å². The minimum absolute atomic E-state index is 0.433. The minimum Gasteiger partial charge on any atom is -0.384 e. The second-order valence-electron chi connectivity index (χ2n) is 4.58. The number of fused-ring (bicyclic) bond motifs is 2. The van der Waals surface area contributed by atoms with Gasteiger partial charge < -0.3 is 11.1 Å². The van der Waals surface area contributed by atoms with Gasteiger partial charge in [0.05, 0.1) is 4.05 Å². The smallest absolute Gasteiger partial charge is 0.163 e. The topological polar surface area (TPSA) is 67.5 Å². The summed E-state index contributed by atoms with van der Waals surface area (Å²) >= 11 is 4.77. The van der Waals surface area contributed by atoms with Gasteiger partial charge in [-0.15, -0.1) is 0 Å². The molecule has 2 aliphatic heterocycles. The Morgan fingerprint density at radius 1 is 1.53 bits per heavy atom. The number of aliphatic imine (C=N–C) groups is 1. The number of alkyl halides is 1. The molecule has 1 saturated heterocycles. The normalized spacial score (nSPS) is 34.8. The van der Waals surface area contributed by atoms with E-state index in [0.717, 1.165) is 24.8 Å². The zero-order valence-corrected chi connectivity index (χ0v) is 12.4. The maximum atomic E-state index is 10.6. The van der Waals surface area contributed by atoms with Gasteiger partial charge in [0, 0.05) is 12.5 Å². The molecule has 0 aromatic heterocycles. The Morgan fingerprint density at radius 2 is 2.35 bits per heavy atom. The van der Waals surface area contributed by atoms with Crippen molar-refractivity contribution in [3.63, 3.8) is 0 Å². The molecule has 2 fully saturated rings. The minimum atomic E-state index is -0.773. The highest BCUT2D eigenvalue weighted by molar-refractivity contribution is 14.1. The van der Waals surface area contributed by atoms with Crippen molar-refractivity contribution in [1.29, 1.82) is 0 Å². The van der Waals surface area contributed by atoms with Gasteiger partial charge in [0.15, 0.2) is 21.2 Å². The number of nitrogens with zero attached hydrogens (tertiary/aromatic N) is 1. The molecule has 17 heavy (non-hydrogen) atoms. The van der Waals surface area contributed by atoms with Gasteiger partial charge in [0.25, 0.3) is 0 Å². The van der Waals surface area contributed by atoms with Crippen LogP contribution in [0.1, 0.15) is 32.1 Å². The van der Waals surface area contributed by atoms with E-state index in [4.69, 9.17) is 17.3 Å². The molecule has 1 aliphatic carbocycles. The molecule has 96 valence electrons. The number of nitrogens with one attached hydrogen (secondary N) is 1. The molecule has 1 saturated carbocycles. The lowest BCUT2D eigenvalue weighted by Crippen LogP contribution is -2.30. The maximum absolute atomic E-state index is 10.6. The van der Waals surface area contributed by atoms with Crippen LogP contribution >= 0.6 is 32.8 Å². The number of nitrogens with two attached hydrogens (primary N) is 1. The Morgan fingerprint density at radius 3 is 2.71 bits per heavy atom. The highest BCUT2D eigenvalue weighted by Gasteiger charge is 2.39. The Bertz CT molecular complexity index is 359. The summed E-state index contributed by atoms with van der Waals surface area (Å²) in [5, 5.41) is 3.99. The second-order valence-corrected chi connectivity index (χ2v) is 6.87. The van der Waals surface area contributed by atoms with E-state index in [1.807, 2.05) is 6.08 Å². The van der Waals surface area contributed by atoms with E-state index in [0.29, 0.717) is 15.0 Å². The zero-order valence-electron chi connectivity index (χ0n) is 9.53. The van der Waals surface area contributed by atoms with Crippen LogP contribution in [0.5, 0.6) is 0 Å². The average Bonchev–Trinajstić information content (AvgIpc) is 2.90. The van der Waals surface area contributed by atoms with Crippen molar-refractivity contribution >= 4 is 38.0 Å². The van der Waals surface area contributed by atoms with Crippen LogP contribution in [0.4, 0.5) is 0 Å². The fraction of sp³-hybridized carbons (Fsp3) is 0.727. The molecule has 0 radical (unpaired) electrons. The fourth-order valence-electron chi connectivity index (χ4n) is 2.47. The molecule has 4 nitrogen and oxygen atoms in total. The number of rotatable bonds is 1. The first-order valence-corrected chi connectivity index (χ1v) is 8.40. The summed E-state index contributed by atoms with van der Waals surface area (Å²) in [6.07, 6.45) is 7.57. The summed E-state index contributed by atoms with van der Waals surface area (Å²) < 4.78 is 11.0. The Kier molecular flexibility index (Phi) is 4.93.